The highest BCUT2D eigenvalue weighted by molar-refractivity contribution is 7.17. The Hall–Kier alpha value is -0.910. The Morgan fingerprint density at radius 2 is 2.42 bits per heavy atom. The van der Waals surface area contributed by atoms with Crippen molar-refractivity contribution in [1.29, 1.82) is 0 Å². The number of hydrogen-bond donors (Lipinski definition) is 1. The first kappa shape index (κ1) is 13.1. The summed E-state index contributed by atoms with van der Waals surface area (Å²) in [5.74, 6) is 0.752. The summed E-state index contributed by atoms with van der Waals surface area (Å²) in [5.41, 5.74) is 2.44. The number of nitrogens with zero attached hydrogens (tertiary/aromatic N) is 2. The molecular weight excluding hydrogens is 258 g/mol. The van der Waals surface area contributed by atoms with Crippen LogP contribution in [0.1, 0.15) is 29.1 Å². The molecule has 0 bridgehead atoms. The van der Waals surface area contributed by atoms with Crippen LogP contribution in [0.15, 0.2) is 6.20 Å². The smallest absolute Gasteiger partial charge is 0.194 e. The molecule has 2 aromatic rings. The molecule has 1 N–H and O–H groups in total. The van der Waals surface area contributed by atoms with Crippen LogP contribution in [0, 0.1) is 19.8 Å². The fraction of sp³-hybridized carbons (Fsp3) is 0.643. The molecule has 1 unspecified atom stereocenters. The van der Waals surface area contributed by atoms with Gasteiger partial charge in [-0.05, 0) is 39.2 Å². The van der Waals surface area contributed by atoms with Crippen molar-refractivity contribution in [3.63, 3.8) is 0 Å². The van der Waals surface area contributed by atoms with Crippen molar-refractivity contribution in [3.05, 3.63) is 22.5 Å². The standard InChI is InChI=1S/C14H21N3OS/c1-10-8-17-13(11(2)16-14(17)19-10)7-15-5-3-12-4-6-18-9-12/h8,12,15H,3-7,9H2,1-2H3. The number of imidazole rings is 1. The van der Waals surface area contributed by atoms with E-state index in [0.29, 0.717) is 0 Å². The second-order valence-electron chi connectivity index (χ2n) is 5.33. The van der Waals surface area contributed by atoms with Gasteiger partial charge in [0.1, 0.15) is 0 Å². The first-order valence-corrected chi connectivity index (χ1v) is 7.78. The van der Waals surface area contributed by atoms with E-state index in [2.05, 4.69) is 34.7 Å². The normalized spacial score (nSPS) is 19.6. The van der Waals surface area contributed by atoms with E-state index < -0.39 is 0 Å². The van der Waals surface area contributed by atoms with Gasteiger partial charge in [0.15, 0.2) is 4.96 Å². The molecule has 5 heteroatoms. The molecule has 3 rings (SSSR count). The first-order chi connectivity index (χ1) is 9.24. The van der Waals surface area contributed by atoms with Gasteiger partial charge >= 0.3 is 0 Å². The summed E-state index contributed by atoms with van der Waals surface area (Å²) in [4.78, 5) is 7.03. The van der Waals surface area contributed by atoms with Crippen molar-refractivity contribution in [1.82, 2.24) is 14.7 Å². The maximum Gasteiger partial charge on any atom is 0.194 e. The van der Waals surface area contributed by atoms with Gasteiger partial charge in [0.2, 0.25) is 0 Å². The summed E-state index contributed by atoms with van der Waals surface area (Å²) in [5, 5.41) is 3.55. The summed E-state index contributed by atoms with van der Waals surface area (Å²) in [7, 11) is 0. The molecule has 0 amide bonds. The van der Waals surface area contributed by atoms with E-state index in [-0.39, 0.29) is 0 Å². The number of ether oxygens (including phenoxy) is 1. The van der Waals surface area contributed by atoms with E-state index in [1.807, 2.05) is 0 Å². The molecule has 0 aliphatic carbocycles. The maximum atomic E-state index is 5.40. The highest BCUT2D eigenvalue weighted by Crippen LogP contribution is 2.20. The molecule has 0 aromatic carbocycles. The van der Waals surface area contributed by atoms with E-state index in [9.17, 15) is 0 Å². The van der Waals surface area contributed by atoms with Crippen molar-refractivity contribution in [2.75, 3.05) is 19.8 Å². The third-order valence-corrected chi connectivity index (χ3v) is 4.68. The molecule has 0 saturated carbocycles. The van der Waals surface area contributed by atoms with E-state index >= 15 is 0 Å². The minimum atomic E-state index is 0.752. The van der Waals surface area contributed by atoms with E-state index in [0.717, 1.165) is 42.9 Å². The van der Waals surface area contributed by atoms with Gasteiger partial charge in [0.05, 0.1) is 11.4 Å². The molecule has 4 nitrogen and oxygen atoms in total. The summed E-state index contributed by atoms with van der Waals surface area (Å²) in [6, 6.07) is 0. The van der Waals surface area contributed by atoms with Crippen LogP contribution in [0.4, 0.5) is 0 Å². The van der Waals surface area contributed by atoms with Crippen molar-refractivity contribution in [2.24, 2.45) is 5.92 Å². The minimum absolute atomic E-state index is 0.752. The molecule has 0 radical (unpaired) electrons. The Bertz CT molecular complexity index is 554. The molecule has 0 spiro atoms. The molecule has 1 atom stereocenters. The van der Waals surface area contributed by atoms with Crippen molar-refractivity contribution >= 4 is 16.3 Å². The summed E-state index contributed by atoms with van der Waals surface area (Å²) >= 11 is 1.75. The number of fused-ring (bicyclic) bond motifs is 1. The van der Waals surface area contributed by atoms with E-state index in [1.54, 1.807) is 11.3 Å². The SMILES string of the molecule is Cc1cn2c(CNCCC3CCOC3)c(C)nc2s1. The molecule has 1 fully saturated rings. The number of aromatic nitrogens is 2. The largest absolute Gasteiger partial charge is 0.381 e. The second-order valence-corrected chi connectivity index (χ2v) is 6.55. The average Bonchev–Trinajstić information content (AvgIpc) is 3.03. The molecule has 1 aliphatic heterocycles. The van der Waals surface area contributed by atoms with Crippen LogP contribution in [0.2, 0.25) is 0 Å². The number of aryl methyl sites for hydroxylation is 2. The lowest BCUT2D eigenvalue weighted by atomic mass is 10.1. The van der Waals surface area contributed by atoms with Gasteiger partial charge in [-0.1, -0.05) is 0 Å². The Kier molecular flexibility index (Phi) is 3.86. The molecule has 3 heterocycles. The Morgan fingerprint density at radius 3 is 3.21 bits per heavy atom. The van der Waals surface area contributed by atoms with Gasteiger partial charge in [0, 0.05) is 30.8 Å². The van der Waals surface area contributed by atoms with Crippen LogP contribution >= 0.6 is 11.3 Å². The van der Waals surface area contributed by atoms with E-state index in [4.69, 9.17) is 4.74 Å². The Morgan fingerprint density at radius 1 is 1.53 bits per heavy atom. The van der Waals surface area contributed by atoms with Crippen LogP contribution in [0.3, 0.4) is 0 Å². The van der Waals surface area contributed by atoms with Crippen LogP contribution < -0.4 is 5.32 Å². The maximum absolute atomic E-state index is 5.40. The van der Waals surface area contributed by atoms with Crippen LogP contribution in [0.5, 0.6) is 0 Å². The third-order valence-electron chi connectivity index (χ3n) is 3.79. The first-order valence-electron chi connectivity index (χ1n) is 6.96. The molecule has 1 aliphatic rings. The van der Waals surface area contributed by atoms with Gasteiger partial charge < -0.3 is 10.1 Å². The number of thiazole rings is 1. The van der Waals surface area contributed by atoms with Gasteiger partial charge in [0.25, 0.3) is 0 Å². The topological polar surface area (TPSA) is 38.6 Å². The highest BCUT2D eigenvalue weighted by Gasteiger charge is 2.15. The third kappa shape index (κ3) is 2.83. The van der Waals surface area contributed by atoms with Gasteiger partial charge in [-0.25, -0.2) is 4.98 Å². The fourth-order valence-corrected chi connectivity index (χ4v) is 3.54. The van der Waals surface area contributed by atoms with E-state index in [1.165, 1.54) is 23.4 Å². The monoisotopic (exact) mass is 279 g/mol. The zero-order valence-electron chi connectivity index (χ0n) is 11.6. The van der Waals surface area contributed by atoms with Crippen LogP contribution in [-0.2, 0) is 11.3 Å². The lowest BCUT2D eigenvalue weighted by molar-refractivity contribution is 0.184. The van der Waals surface area contributed by atoms with Crippen molar-refractivity contribution in [3.8, 4) is 0 Å². The van der Waals surface area contributed by atoms with Crippen molar-refractivity contribution in [2.45, 2.75) is 33.2 Å². The van der Waals surface area contributed by atoms with Gasteiger partial charge in [-0.2, -0.15) is 0 Å². The quantitative estimate of drug-likeness (QED) is 0.855. The van der Waals surface area contributed by atoms with Gasteiger partial charge in [-0.3, -0.25) is 4.40 Å². The Labute approximate surface area is 117 Å². The van der Waals surface area contributed by atoms with Gasteiger partial charge in [-0.15, -0.1) is 11.3 Å². The number of nitrogens with one attached hydrogen (secondary N) is 1. The zero-order valence-corrected chi connectivity index (χ0v) is 12.4. The van der Waals surface area contributed by atoms with Crippen LogP contribution in [-0.4, -0.2) is 29.1 Å². The lowest BCUT2D eigenvalue weighted by Gasteiger charge is -2.08. The summed E-state index contributed by atoms with van der Waals surface area (Å²) < 4.78 is 7.62. The van der Waals surface area contributed by atoms with Crippen molar-refractivity contribution < 1.29 is 4.74 Å². The average molecular weight is 279 g/mol. The second kappa shape index (κ2) is 5.61. The summed E-state index contributed by atoms with van der Waals surface area (Å²) in [6.45, 7) is 8.08. The summed E-state index contributed by atoms with van der Waals surface area (Å²) in [6.07, 6.45) is 4.62. The Balaban J connectivity index is 1.56. The predicted molar refractivity (Wildman–Crippen MR) is 77.8 cm³/mol. The van der Waals surface area contributed by atoms with Crippen LogP contribution in [0.25, 0.3) is 4.96 Å². The number of rotatable bonds is 5. The molecular formula is C14H21N3OS. The predicted octanol–water partition coefficient (Wildman–Crippen LogP) is 2.53. The minimum Gasteiger partial charge on any atom is -0.381 e. The molecule has 104 valence electrons. The zero-order chi connectivity index (χ0) is 13.2. The molecule has 1 saturated heterocycles. The molecule has 19 heavy (non-hydrogen) atoms. The molecule has 2 aromatic heterocycles. The fourth-order valence-electron chi connectivity index (χ4n) is 2.65. The lowest BCUT2D eigenvalue weighted by Crippen LogP contribution is -2.19. The number of hydrogen-bond acceptors (Lipinski definition) is 4. The highest BCUT2D eigenvalue weighted by atomic mass is 32.1.